The van der Waals surface area contributed by atoms with Gasteiger partial charge in [0.15, 0.2) is 0 Å². The van der Waals surface area contributed by atoms with E-state index in [2.05, 4.69) is 5.16 Å². The molecule has 2 atom stereocenters. The number of likely N-dealkylation sites (tertiary alicyclic amines) is 1. The lowest BCUT2D eigenvalue weighted by atomic mass is 9.83. The van der Waals surface area contributed by atoms with Crippen LogP contribution < -0.4 is 5.56 Å². The van der Waals surface area contributed by atoms with Gasteiger partial charge in [0, 0.05) is 49.3 Å². The number of aromatic nitrogens is 2. The third-order valence-corrected chi connectivity index (χ3v) is 5.90. The highest BCUT2D eigenvalue weighted by Gasteiger charge is 2.37. The number of piperidine rings is 1. The molecule has 9 heteroatoms. The summed E-state index contributed by atoms with van der Waals surface area (Å²) in [5, 5.41) is 15.0. The minimum atomic E-state index is -0.634. The summed E-state index contributed by atoms with van der Waals surface area (Å²) < 4.78 is 6.69. The van der Waals surface area contributed by atoms with Gasteiger partial charge in [-0.05, 0) is 38.7 Å². The van der Waals surface area contributed by atoms with Crippen LogP contribution in [0.3, 0.4) is 0 Å². The fourth-order valence-corrected chi connectivity index (χ4v) is 4.53. The van der Waals surface area contributed by atoms with E-state index < -0.39 is 16.2 Å². The molecule has 2 aromatic rings. The molecule has 1 fully saturated rings. The average Bonchev–Trinajstić information content (AvgIpc) is 2.98. The number of fused-ring (bicyclic) bond motifs is 4. The summed E-state index contributed by atoms with van der Waals surface area (Å²) in [5.74, 6) is 0.987. The van der Waals surface area contributed by atoms with Crippen LogP contribution in [0.1, 0.15) is 41.5 Å². The molecule has 9 nitrogen and oxygen atoms in total. The van der Waals surface area contributed by atoms with E-state index in [1.54, 1.807) is 6.07 Å². The lowest BCUT2D eigenvalue weighted by Crippen LogP contribution is -2.49. The highest BCUT2D eigenvalue weighted by Crippen LogP contribution is 2.35. The van der Waals surface area contributed by atoms with Gasteiger partial charge < -0.3 is 14.0 Å². The van der Waals surface area contributed by atoms with Gasteiger partial charge in [-0.1, -0.05) is 5.16 Å². The van der Waals surface area contributed by atoms with Crippen molar-refractivity contribution in [3.63, 3.8) is 0 Å². The Bertz CT molecular complexity index is 989. The first-order valence-corrected chi connectivity index (χ1v) is 9.42. The van der Waals surface area contributed by atoms with Gasteiger partial charge in [0.2, 0.25) is 5.91 Å². The number of aryl methyl sites for hydroxylation is 2. The van der Waals surface area contributed by atoms with Crippen molar-refractivity contribution in [3.05, 3.63) is 55.3 Å². The lowest BCUT2D eigenvalue weighted by molar-refractivity contribution is -0.386. The van der Waals surface area contributed by atoms with Crippen LogP contribution in [0.5, 0.6) is 0 Å². The van der Waals surface area contributed by atoms with Crippen LogP contribution in [0, 0.1) is 29.9 Å². The van der Waals surface area contributed by atoms with Crippen LogP contribution in [-0.4, -0.2) is 38.5 Å². The van der Waals surface area contributed by atoms with Crippen LogP contribution in [0.25, 0.3) is 0 Å². The summed E-state index contributed by atoms with van der Waals surface area (Å²) in [7, 11) is 0. The molecule has 2 aromatic heterocycles. The molecule has 1 amide bonds. The van der Waals surface area contributed by atoms with E-state index in [0.717, 1.165) is 29.1 Å². The number of rotatable bonds is 4. The number of amides is 1. The summed E-state index contributed by atoms with van der Waals surface area (Å²) in [5.41, 5.74) is 1.65. The molecule has 0 unspecified atom stereocenters. The first-order valence-electron chi connectivity index (χ1n) is 9.42. The monoisotopic (exact) mass is 386 g/mol. The van der Waals surface area contributed by atoms with Crippen molar-refractivity contribution < 1.29 is 14.2 Å². The number of carbonyl (C=O) groups excluding carboxylic acids is 1. The summed E-state index contributed by atoms with van der Waals surface area (Å²) in [6.07, 6.45) is 1.87. The predicted octanol–water partition coefficient (Wildman–Crippen LogP) is 1.94. The molecule has 0 N–H and O–H groups in total. The molecule has 2 bridgehead atoms. The van der Waals surface area contributed by atoms with Crippen molar-refractivity contribution in [3.8, 4) is 0 Å². The minimum absolute atomic E-state index is 0.0315. The van der Waals surface area contributed by atoms with Crippen molar-refractivity contribution >= 4 is 11.6 Å². The second-order valence-electron chi connectivity index (χ2n) is 7.72. The second-order valence-corrected chi connectivity index (χ2v) is 7.72. The van der Waals surface area contributed by atoms with E-state index in [4.69, 9.17) is 4.52 Å². The Morgan fingerprint density at radius 2 is 2.11 bits per heavy atom. The SMILES string of the molecule is Cc1noc(C)c1CCC(=O)N1C[C@@H]2C[C@@H](C1)c1ccc([N+](=O)[O-])c(=O)n1C2. The van der Waals surface area contributed by atoms with E-state index >= 15 is 0 Å². The molecule has 0 aliphatic carbocycles. The Morgan fingerprint density at radius 1 is 1.32 bits per heavy atom. The Hall–Kier alpha value is -2.97. The molecule has 0 radical (unpaired) electrons. The maximum absolute atomic E-state index is 12.8. The van der Waals surface area contributed by atoms with Gasteiger partial charge in [-0.15, -0.1) is 0 Å². The number of pyridine rings is 1. The van der Waals surface area contributed by atoms with Crippen molar-refractivity contribution in [2.24, 2.45) is 5.92 Å². The third-order valence-electron chi connectivity index (χ3n) is 5.90. The van der Waals surface area contributed by atoms with E-state index in [1.165, 1.54) is 10.6 Å². The van der Waals surface area contributed by atoms with E-state index in [1.807, 2.05) is 18.7 Å². The molecule has 0 aromatic carbocycles. The number of hydrogen-bond acceptors (Lipinski definition) is 6. The Morgan fingerprint density at radius 3 is 2.79 bits per heavy atom. The fourth-order valence-electron chi connectivity index (χ4n) is 4.53. The molecule has 0 saturated carbocycles. The van der Waals surface area contributed by atoms with Gasteiger partial charge in [0.05, 0.1) is 10.6 Å². The van der Waals surface area contributed by atoms with Gasteiger partial charge in [0.25, 0.3) is 0 Å². The number of hydrogen-bond donors (Lipinski definition) is 0. The zero-order valence-electron chi connectivity index (χ0n) is 15.9. The van der Waals surface area contributed by atoms with Gasteiger partial charge in [-0.25, -0.2) is 0 Å². The molecule has 0 spiro atoms. The maximum Gasteiger partial charge on any atom is 0.334 e. The number of nitrogens with zero attached hydrogens (tertiary/aromatic N) is 4. The Kier molecular flexibility index (Phi) is 4.52. The first kappa shape index (κ1) is 18.4. The van der Waals surface area contributed by atoms with Crippen molar-refractivity contribution in [1.82, 2.24) is 14.6 Å². The highest BCUT2D eigenvalue weighted by atomic mass is 16.6. The molecule has 4 rings (SSSR count). The van der Waals surface area contributed by atoms with E-state index in [-0.39, 0.29) is 17.7 Å². The zero-order valence-corrected chi connectivity index (χ0v) is 15.9. The maximum atomic E-state index is 12.8. The van der Waals surface area contributed by atoms with E-state index in [0.29, 0.717) is 32.5 Å². The standard InChI is InChI=1S/C19H22N4O5/c1-11-15(12(2)28-20-11)3-6-18(24)21-8-13-7-14(10-21)16-4-5-17(23(26)27)19(25)22(16)9-13/h4-5,13-14H,3,6-10H2,1-2H3/t13-,14-/m0/s1. The third kappa shape index (κ3) is 3.10. The number of nitro groups is 1. The lowest BCUT2D eigenvalue weighted by Gasteiger charge is -2.42. The van der Waals surface area contributed by atoms with E-state index in [9.17, 15) is 19.7 Å². The molecule has 4 heterocycles. The van der Waals surface area contributed by atoms with Gasteiger partial charge in [0.1, 0.15) is 5.76 Å². The average molecular weight is 386 g/mol. The van der Waals surface area contributed by atoms with Gasteiger partial charge in [-0.3, -0.25) is 19.7 Å². The topological polar surface area (TPSA) is 111 Å². The smallest absolute Gasteiger partial charge is 0.334 e. The highest BCUT2D eigenvalue weighted by molar-refractivity contribution is 5.76. The zero-order chi connectivity index (χ0) is 20.0. The van der Waals surface area contributed by atoms with Crippen LogP contribution in [0.15, 0.2) is 21.5 Å². The molecular formula is C19H22N4O5. The Labute approximate surface area is 161 Å². The number of carbonyl (C=O) groups is 1. The summed E-state index contributed by atoms with van der Waals surface area (Å²) in [6, 6.07) is 2.95. The van der Waals surface area contributed by atoms with Crippen molar-refractivity contribution in [2.45, 2.75) is 45.6 Å². The predicted molar refractivity (Wildman–Crippen MR) is 99.1 cm³/mol. The van der Waals surface area contributed by atoms with Crippen molar-refractivity contribution in [2.75, 3.05) is 13.1 Å². The van der Waals surface area contributed by atoms with Crippen molar-refractivity contribution in [1.29, 1.82) is 0 Å². The van der Waals surface area contributed by atoms with Gasteiger partial charge >= 0.3 is 11.2 Å². The fraction of sp³-hybridized carbons (Fsp3) is 0.526. The molecule has 148 valence electrons. The quantitative estimate of drug-likeness (QED) is 0.586. The molecule has 1 saturated heterocycles. The normalized spacial score (nSPS) is 20.7. The molecule has 28 heavy (non-hydrogen) atoms. The van der Waals surface area contributed by atoms with Gasteiger partial charge in [-0.2, -0.15) is 0 Å². The second kappa shape index (κ2) is 6.88. The van der Waals surface area contributed by atoms with Crippen LogP contribution >= 0.6 is 0 Å². The Balaban J connectivity index is 1.50. The molecular weight excluding hydrogens is 364 g/mol. The van der Waals surface area contributed by atoms with Crippen LogP contribution in [0.4, 0.5) is 5.69 Å². The summed E-state index contributed by atoms with van der Waals surface area (Å²) in [4.78, 5) is 37.5. The largest absolute Gasteiger partial charge is 0.361 e. The minimum Gasteiger partial charge on any atom is -0.361 e. The molecule has 2 aliphatic rings. The van der Waals surface area contributed by atoms with Crippen LogP contribution in [0.2, 0.25) is 0 Å². The summed E-state index contributed by atoms with van der Waals surface area (Å²) >= 11 is 0. The summed E-state index contributed by atoms with van der Waals surface area (Å²) in [6.45, 7) is 5.24. The first-order chi connectivity index (χ1) is 13.3. The van der Waals surface area contributed by atoms with Crippen LogP contribution in [-0.2, 0) is 17.8 Å². The molecule has 2 aliphatic heterocycles.